The van der Waals surface area contributed by atoms with Gasteiger partial charge in [0.2, 0.25) is 0 Å². The van der Waals surface area contributed by atoms with Crippen molar-refractivity contribution >= 4 is 27.4 Å². The molecule has 23 heavy (non-hydrogen) atoms. The summed E-state index contributed by atoms with van der Waals surface area (Å²) in [5.74, 6) is 1.01. The standard InChI is InChI=1S/C18H18BrNO3/c1-12-10-14(5-6-15(12)19)20-9-8-16(21)13-4-7-17(22-2)18(11-13)23-3/h4-11,20H,1-3H3. The van der Waals surface area contributed by atoms with Crippen LogP contribution < -0.4 is 14.8 Å². The molecule has 0 saturated carbocycles. The molecule has 0 saturated heterocycles. The van der Waals surface area contributed by atoms with Gasteiger partial charge in [0, 0.05) is 28.0 Å². The lowest BCUT2D eigenvalue weighted by Gasteiger charge is -2.08. The van der Waals surface area contributed by atoms with E-state index in [1.165, 1.54) is 6.08 Å². The zero-order valence-corrected chi connectivity index (χ0v) is 14.8. The molecule has 120 valence electrons. The highest BCUT2D eigenvalue weighted by molar-refractivity contribution is 9.10. The Hall–Kier alpha value is -2.27. The van der Waals surface area contributed by atoms with Crippen molar-refractivity contribution in [2.24, 2.45) is 0 Å². The molecule has 0 aromatic heterocycles. The smallest absolute Gasteiger partial charge is 0.187 e. The normalized spacial score (nSPS) is 10.6. The Labute approximate surface area is 144 Å². The molecule has 0 heterocycles. The van der Waals surface area contributed by atoms with Gasteiger partial charge >= 0.3 is 0 Å². The van der Waals surface area contributed by atoms with E-state index < -0.39 is 0 Å². The molecule has 5 heteroatoms. The Morgan fingerprint density at radius 1 is 1.09 bits per heavy atom. The molecule has 0 unspecified atom stereocenters. The Balaban J connectivity index is 2.07. The van der Waals surface area contributed by atoms with Crippen LogP contribution in [-0.2, 0) is 0 Å². The molecule has 0 fully saturated rings. The molecule has 2 aromatic rings. The van der Waals surface area contributed by atoms with Gasteiger partial charge in [0.15, 0.2) is 17.3 Å². The minimum Gasteiger partial charge on any atom is -0.493 e. The maximum absolute atomic E-state index is 12.2. The van der Waals surface area contributed by atoms with Crippen molar-refractivity contribution in [1.82, 2.24) is 0 Å². The van der Waals surface area contributed by atoms with Crippen molar-refractivity contribution in [2.45, 2.75) is 6.92 Å². The largest absolute Gasteiger partial charge is 0.493 e. The van der Waals surface area contributed by atoms with Crippen molar-refractivity contribution < 1.29 is 14.3 Å². The lowest BCUT2D eigenvalue weighted by molar-refractivity contribution is 0.104. The molecule has 4 nitrogen and oxygen atoms in total. The second-order valence-electron chi connectivity index (χ2n) is 4.88. The molecule has 0 amide bonds. The molecule has 2 rings (SSSR count). The minimum atomic E-state index is -0.118. The number of ketones is 1. The van der Waals surface area contributed by atoms with E-state index >= 15 is 0 Å². The predicted octanol–water partition coefficient (Wildman–Crippen LogP) is 4.58. The van der Waals surface area contributed by atoms with Gasteiger partial charge in [0.05, 0.1) is 14.2 Å². The van der Waals surface area contributed by atoms with E-state index in [1.807, 2.05) is 25.1 Å². The average Bonchev–Trinajstić information content (AvgIpc) is 2.57. The maximum Gasteiger partial charge on any atom is 0.187 e. The molecule has 0 aliphatic carbocycles. The van der Waals surface area contributed by atoms with E-state index in [0.29, 0.717) is 17.1 Å². The summed E-state index contributed by atoms with van der Waals surface area (Å²) >= 11 is 3.45. The summed E-state index contributed by atoms with van der Waals surface area (Å²) in [4.78, 5) is 12.2. The number of ether oxygens (including phenoxy) is 2. The zero-order valence-electron chi connectivity index (χ0n) is 13.2. The van der Waals surface area contributed by atoms with Crippen LogP contribution in [-0.4, -0.2) is 20.0 Å². The van der Waals surface area contributed by atoms with Gasteiger partial charge in [-0.15, -0.1) is 0 Å². The van der Waals surface area contributed by atoms with Crippen LogP contribution in [0.2, 0.25) is 0 Å². The minimum absolute atomic E-state index is 0.118. The first kappa shape index (κ1) is 17.1. The van der Waals surface area contributed by atoms with Crippen LogP contribution in [0.15, 0.2) is 53.1 Å². The molecule has 1 N–H and O–H groups in total. The number of halogens is 1. The summed E-state index contributed by atoms with van der Waals surface area (Å²) in [5.41, 5.74) is 2.57. The van der Waals surface area contributed by atoms with Gasteiger partial charge in [0.1, 0.15) is 0 Å². The van der Waals surface area contributed by atoms with Crippen LogP contribution in [0, 0.1) is 6.92 Å². The van der Waals surface area contributed by atoms with Gasteiger partial charge < -0.3 is 14.8 Å². The number of rotatable bonds is 6. The van der Waals surface area contributed by atoms with Crippen LogP contribution in [0.5, 0.6) is 11.5 Å². The highest BCUT2D eigenvalue weighted by atomic mass is 79.9. The predicted molar refractivity (Wildman–Crippen MR) is 95.5 cm³/mol. The Morgan fingerprint density at radius 3 is 2.48 bits per heavy atom. The SMILES string of the molecule is COc1ccc(C(=O)C=CNc2ccc(Br)c(C)c2)cc1OC. The van der Waals surface area contributed by atoms with Gasteiger partial charge in [-0.3, -0.25) is 4.79 Å². The van der Waals surface area contributed by atoms with E-state index in [-0.39, 0.29) is 5.78 Å². The first-order chi connectivity index (χ1) is 11.0. The van der Waals surface area contributed by atoms with Crippen LogP contribution in [0.4, 0.5) is 5.69 Å². The van der Waals surface area contributed by atoms with E-state index in [1.54, 1.807) is 38.6 Å². The van der Waals surface area contributed by atoms with Crippen molar-refractivity contribution in [1.29, 1.82) is 0 Å². The van der Waals surface area contributed by atoms with E-state index in [2.05, 4.69) is 21.2 Å². The van der Waals surface area contributed by atoms with Crippen molar-refractivity contribution in [3.05, 3.63) is 64.3 Å². The number of aryl methyl sites for hydroxylation is 1. The maximum atomic E-state index is 12.2. The number of benzene rings is 2. The van der Waals surface area contributed by atoms with E-state index in [0.717, 1.165) is 15.7 Å². The van der Waals surface area contributed by atoms with Crippen molar-refractivity contribution in [3.8, 4) is 11.5 Å². The summed E-state index contributed by atoms with van der Waals surface area (Å²) < 4.78 is 11.4. The molecule has 2 aromatic carbocycles. The van der Waals surface area contributed by atoms with E-state index in [9.17, 15) is 4.79 Å². The molecular formula is C18H18BrNO3. The summed E-state index contributed by atoms with van der Waals surface area (Å²) in [6, 6.07) is 11.0. The summed E-state index contributed by atoms with van der Waals surface area (Å²) in [6.45, 7) is 2.01. The fourth-order valence-electron chi connectivity index (χ4n) is 2.03. The number of hydrogen-bond acceptors (Lipinski definition) is 4. The molecular weight excluding hydrogens is 358 g/mol. The van der Waals surface area contributed by atoms with Crippen LogP contribution in [0.25, 0.3) is 0 Å². The average molecular weight is 376 g/mol. The molecule has 0 aliphatic rings. The van der Waals surface area contributed by atoms with Gasteiger partial charge in [0.25, 0.3) is 0 Å². The highest BCUT2D eigenvalue weighted by Gasteiger charge is 2.08. The van der Waals surface area contributed by atoms with Gasteiger partial charge in [-0.1, -0.05) is 15.9 Å². The second-order valence-corrected chi connectivity index (χ2v) is 5.73. The number of methoxy groups -OCH3 is 2. The topological polar surface area (TPSA) is 47.6 Å². The summed E-state index contributed by atoms with van der Waals surface area (Å²) in [7, 11) is 3.10. The van der Waals surface area contributed by atoms with Gasteiger partial charge in [-0.25, -0.2) is 0 Å². The molecule has 0 radical (unpaired) electrons. The van der Waals surface area contributed by atoms with Crippen molar-refractivity contribution in [3.63, 3.8) is 0 Å². The third-order valence-electron chi connectivity index (χ3n) is 3.31. The Morgan fingerprint density at radius 2 is 1.83 bits per heavy atom. The first-order valence-electron chi connectivity index (χ1n) is 7.00. The summed E-state index contributed by atoms with van der Waals surface area (Å²) in [6.07, 6.45) is 3.11. The van der Waals surface area contributed by atoms with Crippen LogP contribution >= 0.6 is 15.9 Å². The lowest BCUT2D eigenvalue weighted by atomic mass is 10.1. The zero-order chi connectivity index (χ0) is 16.8. The number of anilines is 1. The van der Waals surface area contributed by atoms with Crippen LogP contribution in [0.3, 0.4) is 0 Å². The highest BCUT2D eigenvalue weighted by Crippen LogP contribution is 2.27. The van der Waals surface area contributed by atoms with Crippen LogP contribution in [0.1, 0.15) is 15.9 Å². The molecule has 0 aliphatic heterocycles. The fourth-order valence-corrected chi connectivity index (χ4v) is 2.28. The third kappa shape index (κ3) is 4.36. The molecule has 0 bridgehead atoms. The van der Waals surface area contributed by atoms with Gasteiger partial charge in [-0.2, -0.15) is 0 Å². The fraction of sp³-hybridized carbons (Fsp3) is 0.167. The number of carbonyl (C=O) groups is 1. The Bertz CT molecular complexity index is 741. The monoisotopic (exact) mass is 375 g/mol. The van der Waals surface area contributed by atoms with Crippen molar-refractivity contribution in [2.75, 3.05) is 19.5 Å². The summed E-state index contributed by atoms with van der Waals surface area (Å²) in [5, 5.41) is 3.09. The first-order valence-corrected chi connectivity index (χ1v) is 7.80. The number of nitrogens with one attached hydrogen (secondary N) is 1. The third-order valence-corrected chi connectivity index (χ3v) is 4.20. The molecule has 0 spiro atoms. The number of hydrogen-bond donors (Lipinski definition) is 1. The lowest BCUT2D eigenvalue weighted by Crippen LogP contribution is -1.98. The second kappa shape index (κ2) is 7.83. The number of carbonyl (C=O) groups excluding carboxylic acids is 1. The molecule has 0 atom stereocenters. The Kier molecular flexibility index (Phi) is 5.82. The van der Waals surface area contributed by atoms with Gasteiger partial charge in [-0.05, 0) is 48.9 Å². The number of allylic oxidation sites excluding steroid dienone is 1. The quantitative estimate of drug-likeness (QED) is 0.592. The van der Waals surface area contributed by atoms with E-state index in [4.69, 9.17) is 9.47 Å².